The fraction of sp³-hybridized carbons (Fsp3) is 0.625. The summed E-state index contributed by atoms with van der Waals surface area (Å²) >= 11 is 0. The standard InChI is InChI=1S/C40H60N2.2C4H9.Pd/c1-5-9-13-16-17-20-30-38-37(29-12-8-4)39(35-27-21-25-33(31-35)23-18-14-10-6-2)42(41)40(38)36-28-22-26-34(32-36)24-19-15-11-7-3;2*1-3-4-2;/h21-22,25-28,31-32H,5-20,23-24,29-30H2,1-4H3;2*1,3-4H2,2H3;/q;2*-1;+2. The number of allylic oxidation sites excluding steroid dienone is 2. The maximum Gasteiger partial charge on any atom is 2.00 e. The molecule has 0 radical (unpaired) electrons. The van der Waals surface area contributed by atoms with Crippen molar-refractivity contribution in [2.45, 2.75) is 196 Å². The molecule has 51 heavy (non-hydrogen) atoms. The monoisotopic (exact) mass is 789 g/mol. The van der Waals surface area contributed by atoms with E-state index in [9.17, 15) is 5.53 Å². The van der Waals surface area contributed by atoms with E-state index in [-0.39, 0.29) is 20.4 Å². The van der Waals surface area contributed by atoms with E-state index in [1.165, 1.54) is 136 Å². The Morgan fingerprint density at radius 3 is 1.18 bits per heavy atom. The topological polar surface area (TPSA) is 25.3 Å². The van der Waals surface area contributed by atoms with Gasteiger partial charge in [0.05, 0.1) is 0 Å². The third-order valence-electron chi connectivity index (χ3n) is 9.67. The summed E-state index contributed by atoms with van der Waals surface area (Å²) in [6, 6.07) is 18.1. The Morgan fingerprint density at radius 2 is 0.784 bits per heavy atom. The zero-order chi connectivity index (χ0) is 36.8. The average Bonchev–Trinajstić information content (AvgIpc) is 3.43. The fourth-order valence-corrected chi connectivity index (χ4v) is 6.48. The van der Waals surface area contributed by atoms with Gasteiger partial charge in [0.1, 0.15) is 0 Å². The number of hydrogen-bond acceptors (Lipinski definition) is 0. The molecule has 1 aliphatic heterocycles. The van der Waals surface area contributed by atoms with Crippen molar-refractivity contribution >= 4 is 11.4 Å². The maximum absolute atomic E-state index is 12.1. The molecule has 0 aliphatic carbocycles. The quantitative estimate of drug-likeness (QED) is 0.0438. The summed E-state index contributed by atoms with van der Waals surface area (Å²) in [6.07, 6.45) is 29.1. The van der Waals surface area contributed by atoms with Crippen molar-refractivity contribution in [2.24, 2.45) is 0 Å². The van der Waals surface area contributed by atoms with E-state index in [1.54, 1.807) is 4.70 Å². The number of unbranched alkanes of at least 4 members (excludes halogenated alkanes) is 14. The molecule has 0 saturated heterocycles. The van der Waals surface area contributed by atoms with Gasteiger partial charge in [0.25, 0.3) is 0 Å². The predicted octanol–water partition coefficient (Wildman–Crippen LogP) is 16.3. The molecular formula is C48H78N2Pd. The second-order valence-corrected chi connectivity index (χ2v) is 14.3. The van der Waals surface area contributed by atoms with Crippen molar-refractivity contribution in [1.29, 1.82) is 0 Å². The Bertz CT molecular complexity index is 1220. The van der Waals surface area contributed by atoms with Crippen LogP contribution < -0.4 is 0 Å². The Kier molecular flexibility index (Phi) is 31.6. The van der Waals surface area contributed by atoms with Crippen molar-refractivity contribution in [3.05, 3.63) is 101 Å². The minimum Gasteiger partial charge on any atom is -0.493 e. The Labute approximate surface area is 331 Å². The van der Waals surface area contributed by atoms with Crippen LogP contribution in [0.3, 0.4) is 0 Å². The van der Waals surface area contributed by atoms with Crippen LogP contribution in [0, 0.1) is 13.8 Å². The molecule has 0 saturated carbocycles. The van der Waals surface area contributed by atoms with Crippen molar-refractivity contribution in [3.8, 4) is 0 Å². The molecule has 0 atom stereocenters. The first-order valence-corrected chi connectivity index (χ1v) is 21.2. The van der Waals surface area contributed by atoms with Crippen LogP contribution >= 0.6 is 0 Å². The van der Waals surface area contributed by atoms with Gasteiger partial charge in [-0.25, -0.2) is 4.70 Å². The summed E-state index contributed by atoms with van der Waals surface area (Å²) in [4.78, 5) is 0. The zero-order valence-electron chi connectivity index (χ0n) is 34.2. The van der Waals surface area contributed by atoms with Gasteiger partial charge >= 0.3 is 20.4 Å². The molecule has 290 valence electrons. The van der Waals surface area contributed by atoms with E-state index in [0.29, 0.717) is 0 Å². The molecule has 2 aromatic rings. The number of benzene rings is 2. The van der Waals surface area contributed by atoms with Crippen LogP contribution in [0.25, 0.3) is 16.9 Å². The summed E-state index contributed by atoms with van der Waals surface area (Å²) in [7, 11) is 0. The molecule has 1 aliphatic rings. The van der Waals surface area contributed by atoms with E-state index in [1.807, 2.05) is 0 Å². The Balaban J connectivity index is 0.00000251. The van der Waals surface area contributed by atoms with Crippen LogP contribution in [0.2, 0.25) is 0 Å². The normalized spacial score (nSPS) is 12.4. The fourth-order valence-electron chi connectivity index (χ4n) is 6.48. The first-order chi connectivity index (χ1) is 24.5. The molecule has 0 aromatic heterocycles. The second kappa shape index (κ2) is 32.8. The van der Waals surface area contributed by atoms with Gasteiger partial charge in [-0.15, -0.1) is 0 Å². The molecule has 1 heterocycles. The minimum atomic E-state index is 0. The Hall–Kier alpha value is -1.82. The van der Waals surface area contributed by atoms with Crippen molar-refractivity contribution in [1.82, 2.24) is 0 Å². The van der Waals surface area contributed by atoms with Gasteiger partial charge in [-0.3, -0.25) is 0 Å². The summed E-state index contributed by atoms with van der Waals surface area (Å²) in [5, 5.41) is 0. The number of nitrogens with zero attached hydrogens (tertiary/aromatic N) is 2. The molecule has 2 aromatic carbocycles. The van der Waals surface area contributed by atoms with Gasteiger partial charge in [0, 0.05) is 22.3 Å². The largest absolute Gasteiger partial charge is 2.00 e. The molecule has 3 rings (SSSR count). The first-order valence-electron chi connectivity index (χ1n) is 21.2. The Morgan fingerprint density at radius 1 is 0.451 bits per heavy atom. The van der Waals surface area contributed by atoms with Gasteiger partial charge < -0.3 is 19.4 Å². The molecule has 2 nitrogen and oxygen atoms in total. The smallest absolute Gasteiger partial charge is 0.493 e. The van der Waals surface area contributed by atoms with Gasteiger partial charge in [0.2, 0.25) is 11.4 Å². The molecule has 3 heteroatoms. The third-order valence-corrected chi connectivity index (χ3v) is 9.67. The molecule has 0 amide bonds. The van der Waals surface area contributed by atoms with Crippen LogP contribution in [0.15, 0.2) is 59.7 Å². The summed E-state index contributed by atoms with van der Waals surface area (Å²) < 4.78 is 1.59. The summed E-state index contributed by atoms with van der Waals surface area (Å²) in [5.41, 5.74) is 22.0. The van der Waals surface area contributed by atoms with E-state index >= 15 is 0 Å². The van der Waals surface area contributed by atoms with E-state index in [4.69, 9.17) is 0 Å². The number of aryl methyl sites for hydroxylation is 2. The van der Waals surface area contributed by atoms with Crippen LogP contribution in [-0.2, 0) is 33.3 Å². The predicted molar refractivity (Wildman–Crippen MR) is 224 cm³/mol. The van der Waals surface area contributed by atoms with Gasteiger partial charge in [-0.05, 0) is 86.8 Å². The van der Waals surface area contributed by atoms with Crippen LogP contribution in [-0.4, -0.2) is 4.70 Å². The number of hydrogen-bond donors (Lipinski definition) is 0. The van der Waals surface area contributed by atoms with E-state index in [0.717, 1.165) is 62.8 Å². The van der Waals surface area contributed by atoms with Crippen LogP contribution in [0.1, 0.15) is 205 Å². The SMILES string of the molecule is CCCCCCCCC1=C(c2cccc(CCCCCC)c2)[N+](=[N-])C(c2cccc(CCCCCC)c2)=C1CCCC.[CH2-]CCC.[CH2-]CCC.[Pd+2]. The summed E-state index contributed by atoms with van der Waals surface area (Å²) in [6.45, 7) is 20.6. The van der Waals surface area contributed by atoms with Crippen LogP contribution in [0.4, 0.5) is 0 Å². The molecule has 0 unspecified atom stereocenters. The number of rotatable bonds is 24. The maximum atomic E-state index is 12.1. The molecule has 0 N–H and O–H groups in total. The second-order valence-electron chi connectivity index (χ2n) is 14.3. The van der Waals surface area contributed by atoms with E-state index in [2.05, 4.69) is 104 Å². The average molecular weight is 790 g/mol. The van der Waals surface area contributed by atoms with E-state index < -0.39 is 0 Å². The van der Waals surface area contributed by atoms with Gasteiger partial charge in [-0.1, -0.05) is 156 Å². The van der Waals surface area contributed by atoms with Gasteiger partial charge in [0.15, 0.2) is 0 Å². The zero-order valence-corrected chi connectivity index (χ0v) is 35.8. The third kappa shape index (κ3) is 19.7. The van der Waals surface area contributed by atoms with Crippen molar-refractivity contribution in [3.63, 3.8) is 0 Å². The molecule has 0 bridgehead atoms. The van der Waals surface area contributed by atoms with Crippen LogP contribution in [0.5, 0.6) is 0 Å². The summed E-state index contributed by atoms with van der Waals surface area (Å²) in [5.74, 6) is 0. The molecule has 0 fully saturated rings. The molecular weight excluding hydrogens is 711 g/mol. The molecule has 0 spiro atoms. The minimum absolute atomic E-state index is 0. The van der Waals surface area contributed by atoms with Crippen molar-refractivity contribution in [2.75, 3.05) is 0 Å². The van der Waals surface area contributed by atoms with Gasteiger partial charge in [-0.2, -0.15) is 12.8 Å². The van der Waals surface area contributed by atoms with Crippen molar-refractivity contribution < 1.29 is 25.1 Å². The first kappa shape index (κ1) is 49.2.